The molecule has 0 radical (unpaired) electrons. The van der Waals surface area contributed by atoms with Crippen LogP contribution in [0.3, 0.4) is 0 Å². The second-order valence-corrected chi connectivity index (χ2v) is 6.29. The van der Waals surface area contributed by atoms with E-state index in [-0.39, 0.29) is 16.8 Å². The fourth-order valence-corrected chi connectivity index (χ4v) is 2.91. The van der Waals surface area contributed by atoms with Gasteiger partial charge in [0.2, 0.25) is 0 Å². The fourth-order valence-electron chi connectivity index (χ4n) is 2.91. The summed E-state index contributed by atoms with van der Waals surface area (Å²) in [7, 11) is 2.98. The Hall–Kier alpha value is -4.45. The number of ether oxygens (including phenoxy) is 2. The van der Waals surface area contributed by atoms with Gasteiger partial charge < -0.3 is 9.47 Å². The van der Waals surface area contributed by atoms with Crippen molar-refractivity contribution in [1.82, 2.24) is 15.2 Å². The summed E-state index contributed by atoms with van der Waals surface area (Å²) in [6.07, 6.45) is 1.42. The summed E-state index contributed by atoms with van der Waals surface area (Å²) in [5.41, 5.74) is 2.53. The van der Waals surface area contributed by atoms with E-state index < -0.39 is 11.5 Å². The van der Waals surface area contributed by atoms with Gasteiger partial charge >= 0.3 is 0 Å². The quantitative estimate of drug-likeness (QED) is 0.485. The highest BCUT2D eigenvalue weighted by Gasteiger charge is 2.21. The van der Waals surface area contributed by atoms with Crippen molar-refractivity contribution in [2.75, 3.05) is 14.2 Å². The highest BCUT2D eigenvalue weighted by atomic mass is 16.5. The number of amides is 1. The predicted molar refractivity (Wildman–Crippen MR) is 114 cm³/mol. The molecular formula is C22H19N5O4. The molecule has 1 N–H and O–H groups in total. The van der Waals surface area contributed by atoms with Crippen LogP contribution in [0.1, 0.15) is 27.2 Å². The smallest absolute Gasteiger partial charge is 0.292 e. The van der Waals surface area contributed by atoms with Crippen LogP contribution in [0.15, 0.2) is 58.4 Å². The topological polar surface area (TPSA) is 119 Å². The minimum atomic E-state index is -0.677. The van der Waals surface area contributed by atoms with Gasteiger partial charge in [-0.15, -0.1) is 0 Å². The van der Waals surface area contributed by atoms with Crippen LogP contribution in [0.4, 0.5) is 0 Å². The molecule has 156 valence electrons. The van der Waals surface area contributed by atoms with Crippen molar-refractivity contribution in [2.45, 2.75) is 6.92 Å². The third-order valence-electron chi connectivity index (χ3n) is 4.49. The van der Waals surface area contributed by atoms with Gasteiger partial charge in [0.1, 0.15) is 28.8 Å². The lowest BCUT2D eigenvalue weighted by Crippen LogP contribution is -2.31. The molecule has 1 amide bonds. The molecule has 0 saturated heterocycles. The highest BCUT2D eigenvalue weighted by Crippen LogP contribution is 2.21. The Labute approximate surface area is 178 Å². The summed E-state index contributed by atoms with van der Waals surface area (Å²) < 4.78 is 11.5. The van der Waals surface area contributed by atoms with E-state index in [1.807, 2.05) is 12.1 Å². The van der Waals surface area contributed by atoms with Gasteiger partial charge in [0.15, 0.2) is 5.69 Å². The van der Waals surface area contributed by atoms with Crippen LogP contribution in [0.2, 0.25) is 0 Å². The summed E-state index contributed by atoms with van der Waals surface area (Å²) in [5, 5.41) is 17.6. The predicted octanol–water partition coefficient (Wildman–Crippen LogP) is 2.19. The van der Waals surface area contributed by atoms with Crippen molar-refractivity contribution >= 4 is 12.1 Å². The number of carbonyl (C=O) groups excluding carboxylic acids is 1. The van der Waals surface area contributed by atoms with Crippen LogP contribution in [0.5, 0.6) is 11.5 Å². The van der Waals surface area contributed by atoms with Crippen LogP contribution in [0.25, 0.3) is 5.69 Å². The third kappa shape index (κ3) is 4.28. The molecule has 0 aliphatic heterocycles. The number of aromatic nitrogens is 2. The molecular weight excluding hydrogens is 398 g/mol. The minimum Gasteiger partial charge on any atom is -0.496 e. The number of nitrogens with zero attached hydrogens (tertiary/aromatic N) is 4. The van der Waals surface area contributed by atoms with Gasteiger partial charge in [0.25, 0.3) is 11.5 Å². The number of benzene rings is 2. The summed E-state index contributed by atoms with van der Waals surface area (Å²) in [6.45, 7) is 1.48. The van der Waals surface area contributed by atoms with Crippen LogP contribution < -0.4 is 20.5 Å². The van der Waals surface area contributed by atoms with Crippen molar-refractivity contribution in [2.24, 2.45) is 5.10 Å². The highest BCUT2D eigenvalue weighted by molar-refractivity contribution is 5.95. The largest absolute Gasteiger partial charge is 0.496 e. The Morgan fingerprint density at radius 1 is 1.13 bits per heavy atom. The zero-order valence-corrected chi connectivity index (χ0v) is 17.1. The van der Waals surface area contributed by atoms with Gasteiger partial charge in [-0.25, -0.2) is 5.43 Å². The molecule has 1 heterocycles. The van der Waals surface area contributed by atoms with Gasteiger partial charge in [-0.1, -0.05) is 24.3 Å². The third-order valence-corrected chi connectivity index (χ3v) is 4.49. The molecule has 31 heavy (non-hydrogen) atoms. The van der Waals surface area contributed by atoms with E-state index in [4.69, 9.17) is 9.47 Å². The van der Waals surface area contributed by atoms with Gasteiger partial charge in [0.05, 0.1) is 20.4 Å². The summed E-state index contributed by atoms with van der Waals surface area (Å²) in [4.78, 5) is 25.5. The van der Waals surface area contributed by atoms with Crippen molar-refractivity contribution in [3.05, 3.63) is 81.3 Å². The Kier molecular flexibility index (Phi) is 6.42. The second-order valence-electron chi connectivity index (χ2n) is 6.29. The number of nitrogens with one attached hydrogen (secondary N) is 1. The van der Waals surface area contributed by atoms with E-state index in [1.165, 1.54) is 27.4 Å². The zero-order chi connectivity index (χ0) is 22.4. The SMILES string of the molecule is COc1ccccc1/C=N/NC(=O)c1nn(-c2ccccc2OC)c(=O)c(C#N)c1C. The number of nitriles is 1. The van der Waals surface area contributed by atoms with Gasteiger partial charge in [-0.2, -0.15) is 20.1 Å². The van der Waals surface area contributed by atoms with Crippen molar-refractivity contribution in [1.29, 1.82) is 5.26 Å². The summed E-state index contributed by atoms with van der Waals surface area (Å²) >= 11 is 0. The van der Waals surface area contributed by atoms with E-state index >= 15 is 0 Å². The zero-order valence-electron chi connectivity index (χ0n) is 17.1. The van der Waals surface area contributed by atoms with Crippen LogP contribution >= 0.6 is 0 Å². The molecule has 2 aromatic carbocycles. The molecule has 9 heteroatoms. The number of rotatable bonds is 6. The lowest BCUT2D eigenvalue weighted by atomic mass is 10.1. The standard InChI is InChI=1S/C22H19N5O4/c1-14-16(12-23)22(29)27(17-9-5-7-11-19(17)31-3)26-20(14)21(28)25-24-13-15-8-4-6-10-18(15)30-2/h4-11,13H,1-3H3,(H,25,28)/b24-13+. The Morgan fingerprint density at radius 3 is 2.45 bits per heavy atom. The van der Waals surface area contributed by atoms with E-state index in [0.717, 1.165) is 4.68 Å². The lowest BCUT2D eigenvalue weighted by Gasteiger charge is -2.13. The van der Waals surface area contributed by atoms with E-state index in [2.05, 4.69) is 15.6 Å². The molecule has 3 aromatic rings. The molecule has 3 rings (SSSR count). The fraction of sp³-hybridized carbons (Fsp3) is 0.136. The Bertz CT molecular complexity index is 1260. The maximum atomic E-state index is 12.8. The van der Waals surface area contributed by atoms with Crippen LogP contribution in [0, 0.1) is 18.3 Å². The number of hydrazone groups is 1. The van der Waals surface area contributed by atoms with Crippen molar-refractivity contribution < 1.29 is 14.3 Å². The van der Waals surface area contributed by atoms with E-state index in [9.17, 15) is 14.9 Å². The molecule has 0 atom stereocenters. The number of methoxy groups -OCH3 is 2. The lowest BCUT2D eigenvalue weighted by molar-refractivity contribution is 0.0947. The van der Waals surface area contributed by atoms with Crippen LogP contribution in [-0.2, 0) is 0 Å². The molecule has 0 unspecified atom stereocenters. The summed E-state index contributed by atoms with van der Waals surface area (Å²) in [6, 6.07) is 15.7. The number of carbonyl (C=O) groups is 1. The first kappa shape index (κ1) is 21.3. The average molecular weight is 417 g/mol. The van der Waals surface area contributed by atoms with Gasteiger partial charge in [-0.05, 0) is 31.2 Å². The first-order valence-electron chi connectivity index (χ1n) is 9.15. The monoisotopic (exact) mass is 417 g/mol. The molecule has 9 nitrogen and oxygen atoms in total. The first-order valence-corrected chi connectivity index (χ1v) is 9.15. The molecule has 0 saturated carbocycles. The number of para-hydroxylation sites is 3. The normalized spacial score (nSPS) is 10.5. The number of hydrogen-bond acceptors (Lipinski definition) is 7. The van der Waals surface area contributed by atoms with Gasteiger partial charge in [0, 0.05) is 11.1 Å². The molecule has 0 aliphatic carbocycles. The molecule has 0 aliphatic rings. The molecule has 0 bridgehead atoms. The van der Waals surface area contributed by atoms with Crippen molar-refractivity contribution in [3.8, 4) is 23.3 Å². The van der Waals surface area contributed by atoms with Crippen LogP contribution in [-0.4, -0.2) is 36.1 Å². The molecule has 1 aromatic heterocycles. The maximum Gasteiger partial charge on any atom is 0.292 e. The number of hydrogen-bond donors (Lipinski definition) is 1. The Balaban J connectivity index is 2.01. The maximum absolute atomic E-state index is 12.8. The van der Waals surface area contributed by atoms with E-state index in [0.29, 0.717) is 22.7 Å². The average Bonchev–Trinajstić information content (AvgIpc) is 2.79. The second kappa shape index (κ2) is 9.37. The van der Waals surface area contributed by atoms with Crippen molar-refractivity contribution in [3.63, 3.8) is 0 Å². The van der Waals surface area contributed by atoms with E-state index in [1.54, 1.807) is 42.5 Å². The molecule has 0 spiro atoms. The van der Waals surface area contributed by atoms with Gasteiger partial charge in [-0.3, -0.25) is 9.59 Å². The first-order chi connectivity index (χ1) is 15.0. The molecule has 0 fully saturated rings. The minimum absolute atomic E-state index is 0.112. The Morgan fingerprint density at radius 2 is 1.77 bits per heavy atom. The summed E-state index contributed by atoms with van der Waals surface area (Å²) in [5.74, 6) is 0.278.